The van der Waals surface area contributed by atoms with Crippen LogP contribution in [0.1, 0.15) is 10.4 Å². The Hall–Kier alpha value is -1.98. The molecule has 0 saturated heterocycles. The lowest BCUT2D eigenvalue weighted by atomic mass is 10.2. The molecule has 2 amide bonds. The second-order valence-corrected chi connectivity index (χ2v) is 5.85. The fourth-order valence-corrected chi connectivity index (χ4v) is 2.82. The Labute approximate surface area is 138 Å². The van der Waals surface area contributed by atoms with E-state index in [-0.39, 0.29) is 17.6 Å². The Kier molecular flexibility index (Phi) is 5.86. The van der Waals surface area contributed by atoms with Crippen LogP contribution in [0.3, 0.4) is 0 Å². The van der Waals surface area contributed by atoms with Crippen LogP contribution in [0, 0.1) is 0 Å². The summed E-state index contributed by atoms with van der Waals surface area (Å²) in [5.41, 5.74) is 1.09. The summed E-state index contributed by atoms with van der Waals surface area (Å²) in [6.45, 7) is 0. The van der Waals surface area contributed by atoms with E-state index >= 15 is 0 Å². The standard InChI is InChI=1S/C16H15ClN2O2S/c1-18-16(21)11-5-4-6-12(9-11)19-15(20)10-22-14-8-3-2-7-13(14)17/h2-9H,10H2,1H3,(H,18,21)(H,19,20). The molecule has 0 heterocycles. The number of carbonyl (C=O) groups is 2. The van der Waals surface area contributed by atoms with Crippen LogP contribution in [0.5, 0.6) is 0 Å². The monoisotopic (exact) mass is 334 g/mol. The number of rotatable bonds is 5. The number of thioether (sulfide) groups is 1. The van der Waals surface area contributed by atoms with Crippen LogP contribution in [0.25, 0.3) is 0 Å². The second kappa shape index (κ2) is 7.87. The van der Waals surface area contributed by atoms with Crippen molar-refractivity contribution in [1.29, 1.82) is 0 Å². The molecule has 2 aromatic rings. The molecule has 22 heavy (non-hydrogen) atoms. The van der Waals surface area contributed by atoms with E-state index in [1.165, 1.54) is 11.8 Å². The molecule has 0 aliphatic carbocycles. The number of nitrogens with one attached hydrogen (secondary N) is 2. The van der Waals surface area contributed by atoms with Gasteiger partial charge in [0.2, 0.25) is 5.91 Å². The van der Waals surface area contributed by atoms with Crippen molar-refractivity contribution >= 4 is 40.9 Å². The molecule has 2 aromatic carbocycles. The third-order valence-corrected chi connectivity index (χ3v) is 4.35. The molecule has 0 fully saturated rings. The minimum Gasteiger partial charge on any atom is -0.355 e. The van der Waals surface area contributed by atoms with Gasteiger partial charge >= 0.3 is 0 Å². The van der Waals surface area contributed by atoms with Crippen molar-refractivity contribution in [3.05, 3.63) is 59.1 Å². The van der Waals surface area contributed by atoms with Gasteiger partial charge in [-0.15, -0.1) is 11.8 Å². The molecule has 0 atom stereocenters. The highest BCUT2D eigenvalue weighted by molar-refractivity contribution is 8.00. The van der Waals surface area contributed by atoms with Gasteiger partial charge in [0, 0.05) is 23.2 Å². The molecular formula is C16H15ClN2O2S. The van der Waals surface area contributed by atoms with E-state index in [4.69, 9.17) is 11.6 Å². The summed E-state index contributed by atoms with van der Waals surface area (Å²) in [5.74, 6) is -0.103. The smallest absolute Gasteiger partial charge is 0.251 e. The molecule has 2 N–H and O–H groups in total. The SMILES string of the molecule is CNC(=O)c1cccc(NC(=O)CSc2ccccc2Cl)c1. The molecule has 6 heteroatoms. The molecule has 0 aliphatic rings. The molecule has 4 nitrogen and oxygen atoms in total. The van der Waals surface area contributed by atoms with Crippen LogP contribution in [-0.4, -0.2) is 24.6 Å². The lowest BCUT2D eigenvalue weighted by Gasteiger charge is -2.07. The van der Waals surface area contributed by atoms with Crippen molar-refractivity contribution in [2.75, 3.05) is 18.1 Å². The Morgan fingerprint density at radius 3 is 2.64 bits per heavy atom. The summed E-state index contributed by atoms with van der Waals surface area (Å²) in [6.07, 6.45) is 0. The summed E-state index contributed by atoms with van der Waals surface area (Å²) >= 11 is 7.41. The van der Waals surface area contributed by atoms with Crippen molar-refractivity contribution in [3.8, 4) is 0 Å². The summed E-state index contributed by atoms with van der Waals surface area (Å²) in [6, 6.07) is 14.2. The van der Waals surface area contributed by atoms with E-state index in [1.807, 2.05) is 18.2 Å². The molecular weight excluding hydrogens is 320 g/mol. The quantitative estimate of drug-likeness (QED) is 0.824. The highest BCUT2D eigenvalue weighted by Gasteiger charge is 2.08. The Bertz CT molecular complexity index is 691. The number of hydrogen-bond donors (Lipinski definition) is 2. The average Bonchev–Trinajstić information content (AvgIpc) is 2.53. The largest absolute Gasteiger partial charge is 0.355 e. The number of hydrogen-bond acceptors (Lipinski definition) is 3. The molecule has 0 radical (unpaired) electrons. The van der Waals surface area contributed by atoms with E-state index in [1.54, 1.807) is 37.4 Å². The first kappa shape index (κ1) is 16.4. The molecule has 0 bridgehead atoms. The molecule has 0 unspecified atom stereocenters. The maximum absolute atomic E-state index is 12.0. The predicted octanol–water partition coefficient (Wildman–Crippen LogP) is 3.43. The van der Waals surface area contributed by atoms with Crippen molar-refractivity contribution in [3.63, 3.8) is 0 Å². The highest BCUT2D eigenvalue weighted by Crippen LogP contribution is 2.26. The van der Waals surface area contributed by atoms with Crippen LogP contribution in [0.4, 0.5) is 5.69 Å². The average molecular weight is 335 g/mol. The van der Waals surface area contributed by atoms with Gasteiger partial charge in [-0.3, -0.25) is 9.59 Å². The fraction of sp³-hybridized carbons (Fsp3) is 0.125. The van der Waals surface area contributed by atoms with E-state index in [0.717, 1.165) is 4.90 Å². The maximum atomic E-state index is 12.0. The third kappa shape index (κ3) is 4.51. The maximum Gasteiger partial charge on any atom is 0.251 e. The lowest BCUT2D eigenvalue weighted by molar-refractivity contribution is -0.113. The van der Waals surface area contributed by atoms with Crippen LogP contribution in [-0.2, 0) is 4.79 Å². The Morgan fingerprint density at radius 2 is 1.91 bits per heavy atom. The summed E-state index contributed by atoms with van der Waals surface area (Å²) in [5, 5.41) is 5.94. The van der Waals surface area contributed by atoms with Crippen molar-refractivity contribution < 1.29 is 9.59 Å². The van der Waals surface area contributed by atoms with E-state index < -0.39 is 0 Å². The number of halogens is 1. The summed E-state index contributed by atoms with van der Waals surface area (Å²) in [4.78, 5) is 24.4. The van der Waals surface area contributed by atoms with E-state index in [9.17, 15) is 9.59 Å². The van der Waals surface area contributed by atoms with Gasteiger partial charge in [-0.25, -0.2) is 0 Å². The first-order chi connectivity index (χ1) is 10.6. The number of benzene rings is 2. The van der Waals surface area contributed by atoms with Crippen molar-refractivity contribution in [2.45, 2.75) is 4.90 Å². The second-order valence-electron chi connectivity index (χ2n) is 4.43. The Morgan fingerprint density at radius 1 is 1.14 bits per heavy atom. The Balaban J connectivity index is 1.95. The zero-order valence-corrected chi connectivity index (χ0v) is 13.5. The van der Waals surface area contributed by atoms with Gasteiger partial charge in [-0.05, 0) is 30.3 Å². The molecule has 0 aliphatic heterocycles. The van der Waals surface area contributed by atoms with Crippen molar-refractivity contribution in [2.24, 2.45) is 0 Å². The van der Waals surface area contributed by atoms with Gasteiger partial charge in [0.15, 0.2) is 0 Å². The minimum atomic E-state index is -0.193. The van der Waals surface area contributed by atoms with Gasteiger partial charge in [-0.2, -0.15) is 0 Å². The van der Waals surface area contributed by atoms with Gasteiger partial charge < -0.3 is 10.6 Å². The normalized spacial score (nSPS) is 10.1. The summed E-state index contributed by atoms with van der Waals surface area (Å²) < 4.78 is 0. The third-order valence-electron chi connectivity index (χ3n) is 2.83. The van der Waals surface area contributed by atoms with Gasteiger partial charge in [-0.1, -0.05) is 29.8 Å². The van der Waals surface area contributed by atoms with Crippen molar-refractivity contribution in [1.82, 2.24) is 5.32 Å². The lowest BCUT2D eigenvalue weighted by Crippen LogP contribution is -2.18. The van der Waals surface area contributed by atoms with Gasteiger partial charge in [0.05, 0.1) is 10.8 Å². The molecule has 0 spiro atoms. The number of anilines is 1. The first-order valence-corrected chi connectivity index (χ1v) is 7.96. The molecule has 114 valence electrons. The van der Waals surface area contributed by atoms with E-state index in [2.05, 4.69) is 10.6 Å². The highest BCUT2D eigenvalue weighted by atomic mass is 35.5. The topological polar surface area (TPSA) is 58.2 Å². The van der Waals surface area contributed by atoms with Crippen LogP contribution in [0.15, 0.2) is 53.4 Å². The fourth-order valence-electron chi connectivity index (χ4n) is 1.78. The zero-order chi connectivity index (χ0) is 15.9. The first-order valence-electron chi connectivity index (χ1n) is 6.59. The molecule has 2 rings (SSSR count). The molecule has 0 aromatic heterocycles. The van der Waals surface area contributed by atoms with E-state index in [0.29, 0.717) is 16.3 Å². The summed E-state index contributed by atoms with van der Waals surface area (Å²) in [7, 11) is 1.56. The predicted molar refractivity (Wildman–Crippen MR) is 90.6 cm³/mol. The molecule has 0 saturated carbocycles. The number of amides is 2. The van der Waals surface area contributed by atoms with Crippen LogP contribution < -0.4 is 10.6 Å². The van der Waals surface area contributed by atoms with Crippen LogP contribution in [0.2, 0.25) is 5.02 Å². The number of carbonyl (C=O) groups excluding carboxylic acids is 2. The van der Waals surface area contributed by atoms with Crippen LogP contribution >= 0.6 is 23.4 Å². The zero-order valence-electron chi connectivity index (χ0n) is 11.9. The van der Waals surface area contributed by atoms with Gasteiger partial charge in [0.1, 0.15) is 0 Å². The minimum absolute atomic E-state index is 0.154. The van der Waals surface area contributed by atoms with Gasteiger partial charge in [0.25, 0.3) is 5.91 Å².